The van der Waals surface area contributed by atoms with E-state index in [9.17, 15) is 19.7 Å². The van der Waals surface area contributed by atoms with Gasteiger partial charge in [-0.1, -0.05) is 12.0 Å². The van der Waals surface area contributed by atoms with Crippen molar-refractivity contribution in [3.05, 3.63) is 68.6 Å². The number of imide groups is 1. The van der Waals surface area contributed by atoms with Crippen molar-refractivity contribution >= 4 is 34.7 Å². The van der Waals surface area contributed by atoms with Gasteiger partial charge in [0.2, 0.25) is 0 Å². The minimum absolute atomic E-state index is 0.00680. The van der Waals surface area contributed by atoms with Crippen LogP contribution in [0.4, 0.5) is 10.5 Å². The number of hydrogen-bond donors (Lipinski definition) is 0. The molecule has 30 heavy (non-hydrogen) atoms. The Hall–Kier alpha value is -3.77. The van der Waals surface area contributed by atoms with Gasteiger partial charge >= 0.3 is 0 Å². The molecule has 0 spiro atoms. The first-order chi connectivity index (χ1) is 14.4. The molecule has 3 rings (SSSR count). The average molecular weight is 424 g/mol. The summed E-state index contributed by atoms with van der Waals surface area (Å²) in [5, 5.41) is 10.3. The molecule has 0 atom stereocenters. The van der Waals surface area contributed by atoms with Gasteiger partial charge in [0.1, 0.15) is 6.61 Å². The summed E-state index contributed by atoms with van der Waals surface area (Å²) in [6.45, 7) is 0.124. The van der Waals surface area contributed by atoms with Gasteiger partial charge in [0.15, 0.2) is 11.5 Å². The van der Waals surface area contributed by atoms with E-state index in [0.29, 0.717) is 17.1 Å². The van der Waals surface area contributed by atoms with Crippen LogP contribution in [0.15, 0.2) is 47.4 Å². The molecule has 0 N–H and O–H groups in total. The van der Waals surface area contributed by atoms with Gasteiger partial charge in [-0.05, 0) is 53.2 Å². The molecule has 0 unspecified atom stereocenters. The first-order valence-electron chi connectivity index (χ1n) is 8.66. The fraction of sp³-hybridized carbons (Fsp3) is 0.143. The molecule has 2 aromatic carbocycles. The van der Waals surface area contributed by atoms with Gasteiger partial charge in [-0.2, -0.15) is 0 Å². The summed E-state index contributed by atoms with van der Waals surface area (Å²) in [5.74, 6) is 2.76. The molecule has 2 aromatic rings. The van der Waals surface area contributed by atoms with Crippen LogP contribution in [0.25, 0.3) is 6.08 Å². The number of nitrogens with zero attached hydrogens (tertiary/aromatic N) is 2. The van der Waals surface area contributed by atoms with Crippen LogP contribution in [0.2, 0.25) is 0 Å². The molecule has 0 aromatic heterocycles. The number of carbonyl (C=O) groups excluding carboxylic acids is 2. The van der Waals surface area contributed by atoms with E-state index in [2.05, 4.69) is 5.92 Å². The SMILES string of the molecule is C#CCN1C(=O)SC(=Cc2ccc(OCc3ccc([N+](=O)[O-])cc3)c(OC)c2)C1=O. The number of ether oxygens (including phenoxy) is 2. The first kappa shape index (κ1) is 21.0. The van der Waals surface area contributed by atoms with Gasteiger partial charge in [0.05, 0.1) is 23.5 Å². The van der Waals surface area contributed by atoms with E-state index >= 15 is 0 Å². The highest BCUT2D eigenvalue weighted by Gasteiger charge is 2.34. The molecule has 0 aliphatic carbocycles. The number of carbonyl (C=O) groups is 2. The Kier molecular flexibility index (Phi) is 6.39. The highest BCUT2D eigenvalue weighted by atomic mass is 32.2. The molecule has 1 aliphatic rings. The second-order valence-electron chi connectivity index (χ2n) is 6.09. The third-order valence-electron chi connectivity index (χ3n) is 4.15. The molecule has 1 heterocycles. The number of hydrogen-bond acceptors (Lipinski definition) is 7. The maximum Gasteiger partial charge on any atom is 0.294 e. The van der Waals surface area contributed by atoms with Crippen LogP contribution in [0, 0.1) is 22.5 Å². The molecule has 1 aliphatic heterocycles. The summed E-state index contributed by atoms with van der Waals surface area (Å²) < 4.78 is 11.1. The molecule has 2 amide bonds. The van der Waals surface area contributed by atoms with E-state index in [1.165, 1.54) is 19.2 Å². The van der Waals surface area contributed by atoms with E-state index < -0.39 is 16.1 Å². The lowest BCUT2D eigenvalue weighted by molar-refractivity contribution is -0.384. The first-order valence-corrected chi connectivity index (χ1v) is 9.47. The molecule has 9 heteroatoms. The number of terminal acetylenes is 1. The van der Waals surface area contributed by atoms with Crippen molar-refractivity contribution < 1.29 is 24.0 Å². The van der Waals surface area contributed by atoms with Crippen LogP contribution in [-0.4, -0.2) is 34.6 Å². The van der Waals surface area contributed by atoms with Gasteiger partial charge < -0.3 is 9.47 Å². The minimum atomic E-state index is -0.465. The lowest BCUT2D eigenvalue weighted by Crippen LogP contribution is -2.28. The Balaban J connectivity index is 1.73. The zero-order valence-corrected chi connectivity index (χ0v) is 16.7. The topological polar surface area (TPSA) is 99.0 Å². The minimum Gasteiger partial charge on any atom is -0.493 e. The monoisotopic (exact) mass is 424 g/mol. The number of non-ortho nitro benzene ring substituents is 1. The van der Waals surface area contributed by atoms with Crippen molar-refractivity contribution in [1.29, 1.82) is 0 Å². The Morgan fingerprint density at radius 3 is 2.57 bits per heavy atom. The highest BCUT2D eigenvalue weighted by Crippen LogP contribution is 2.34. The molecule has 0 saturated carbocycles. The summed E-state index contributed by atoms with van der Waals surface area (Å²) in [4.78, 5) is 35.7. The number of nitro benzene ring substituents is 1. The van der Waals surface area contributed by atoms with Crippen molar-refractivity contribution in [2.24, 2.45) is 0 Å². The lowest BCUT2D eigenvalue weighted by atomic mass is 10.1. The Morgan fingerprint density at radius 1 is 1.20 bits per heavy atom. The third kappa shape index (κ3) is 4.61. The summed E-state index contributed by atoms with van der Waals surface area (Å²) in [6.07, 6.45) is 6.78. The number of methoxy groups -OCH3 is 1. The predicted molar refractivity (Wildman–Crippen MR) is 112 cm³/mol. The molecule has 8 nitrogen and oxygen atoms in total. The van der Waals surface area contributed by atoms with Crippen molar-refractivity contribution in [2.45, 2.75) is 6.61 Å². The van der Waals surface area contributed by atoms with Gasteiger partial charge in [-0.25, -0.2) is 0 Å². The van der Waals surface area contributed by atoms with Crippen molar-refractivity contribution in [3.63, 3.8) is 0 Å². The number of rotatable bonds is 7. The zero-order valence-electron chi connectivity index (χ0n) is 15.9. The van der Waals surface area contributed by atoms with Gasteiger partial charge in [0, 0.05) is 12.1 Å². The van der Waals surface area contributed by atoms with Crippen LogP contribution in [0.5, 0.6) is 11.5 Å². The molecule has 1 saturated heterocycles. The van der Waals surface area contributed by atoms with Crippen LogP contribution in [0.3, 0.4) is 0 Å². The number of amides is 2. The quantitative estimate of drug-likeness (QED) is 0.288. The maximum absolute atomic E-state index is 12.3. The van der Waals surface area contributed by atoms with Crippen LogP contribution in [-0.2, 0) is 11.4 Å². The van der Waals surface area contributed by atoms with Crippen LogP contribution >= 0.6 is 11.8 Å². The molecule has 0 bridgehead atoms. The van der Waals surface area contributed by atoms with E-state index in [1.54, 1.807) is 36.4 Å². The lowest BCUT2D eigenvalue weighted by Gasteiger charge is -2.11. The maximum atomic E-state index is 12.3. The van der Waals surface area contributed by atoms with E-state index in [0.717, 1.165) is 22.2 Å². The van der Waals surface area contributed by atoms with Crippen molar-refractivity contribution in [3.8, 4) is 23.8 Å². The summed E-state index contributed by atoms with van der Waals surface area (Å²) >= 11 is 0.828. The van der Waals surface area contributed by atoms with E-state index in [1.807, 2.05) is 0 Å². The number of benzene rings is 2. The Morgan fingerprint density at radius 2 is 1.93 bits per heavy atom. The fourth-order valence-electron chi connectivity index (χ4n) is 2.65. The molecule has 152 valence electrons. The predicted octanol–water partition coefficient (Wildman–Crippen LogP) is 3.85. The van der Waals surface area contributed by atoms with Gasteiger partial charge in [-0.15, -0.1) is 6.42 Å². The zero-order chi connectivity index (χ0) is 21.7. The smallest absolute Gasteiger partial charge is 0.294 e. The standard InChI is InChI=1S/C21H16N2O6S/c1-3-10-22-20(24)19(30-21(22)25)12-15-6-9-17(18(11-15)28-2)29-13-14-4-7-16(8-5-14)23(26)27/h1,4-9,11-12H,10,13H2,2H3. The van der Waals surface area contributed by atoms with Crippen LogP contribution in [0.1, 0.15) is 11.1 Å². The van der Waals surface area contributed by atoms with E-state index in [4.69, 9.17) is 15.9 Å². The second-order valence-corrected chi connectivity index (χ2v) is 7.09. The molecular formula is C21H16N2O6S. The Bertz CT molecular complexity index is 1070. The fourth-order valence-corrected chi connectivity index (χ4v) is 3.49. The summed E-state index contributed by atoms with van der Waals surface area (Å²) in [6, 6.07) is 11.1. The number of thioether (sulfide) groups is 1. The normalized spacial score (nSPS) is 14.7. The van der Waals surface area contributed by atoms with Crippen LogP contribution < -0.4 is 9.47 Å². The average Bonchev–Trinajstić information content (AvgIpc) is 3.00. The van der Waals surface area contributed by atoms with E-state index in [-0.39, 0.29) is 23.7 Å². The number of nitro groups is 1. The van der Waals surface area contributed by atoms with Crippen molar-refractivity contribution in [2.75, 3.05) is 13.7 Å². The molecule has 0 radical (unpaired) electrons. The second kappa shape index (κ2) is 9.15. The largest absolute Gasteiger partial charge is 0.493 e. The molecule has 1 fully saturated rings. The summed E-state index contributed by atoms with van der Waals surface area (Å²) in [5.41, 5.74) is 1.42. The van der Waals surface area contributed by atoms with Gasteiger partial charge in [-0.3, -0.25) is 24.6 Å². The Labute approximate surface area is 176 Å². The highest BCUT2D eigenvalue weighted by molar-refractivity contribution is 8.18. The van der Waals surface area contributed by atoms with Gasteiger partial charge in [0.25, 0.3) is 16.8 Å². The molecular weight excluding hydrogens is 408 g/mol. The van der Waals surface area contributed by atoms with Crippen molar-refractivity contribution in [1.82, 2.24) is 4.90 Å². The third-order valence-corrected chi connectivity index (χ3v) is 5.06. The summed E-state index contributed by atoms with van der Waals surface area (Å²) in [7, 11) is 1.48.